The number of rotatable bonds is 4. The molecule has 8 heteroatoms. The van der Waals surface area contributed by atoms with Gasteiger partial charge in [0, 0.05) is 25.5 Å². The summed E-state index contributed by atoms with van der Waals surface area (Å²) < 4.78 is 7.02. The Balaban J connectivity index is 1.71. The van der Waals surface area contributed by atoms with Crippen LogP contribution in [-0.4, -0.2) is 44.9 Å². The van der Waals surface area contributed by atoms with E-state index in [9.17, 15) is 4.79 Å². The van der Waals surface area contributed by atoms with Crippen molar-refractivity contribution in [3.8, 4) is 5.82 Å². The van der Waals surface area contributed by atoms with Crippen molar-refractivity contribution in [3.05, 3.63) is 30.4 Å². The molecular formula is C15H20N6O2. The average molecular weight is 316 g/mol. The molecule has 122 valence electrons. The van der Waals surface area contributed by atoms with Gasteiger partial charge in [-0.2, -0.15) is 0 Å². The van der Waals surface area contributed by atoms with Gasteiger partial charge in [-0.1, -0.05) is 0 Å². The van der Waals surface area contributed by atoms with Gasteiger partial charge in [0.15, 0.2) is 11.6 Å². The Bertz CT molecular complexity index is 665. The van der Waals surface area contributed by atoms with E-state index in [0.29, 0.717) is 17.5 Å². The van der Waals surface area contributed by atoms with Crippen LogP contribution < -0.4 is 11.1 Å². The van der Waals surface area contributed by atoms with Gasteiger partial charge in [-0.15, -0.1) is 10.2 Å². The monoisotopic (exact) mass is 316 g/mol. The number of aromatic nitrogens is 4. The number of nitrogens with one attached hydrogen (secondary N) is 1. The number of nitrogen functional groups attached to an aromatic ring is 1. The van der Waals surface area contributed by atoms with Gasteiger partial charge in [0.05, 0.1) is 11.7 Å². The zero-order valence-electron chi connectivity index (χ0n) is 13.0. The average Bonchev–Trinajstić information content (AvgIpc) is 3.10. The van der Waals surface area contributed by atoms with E-state index in [1.165, 1.54) is 0 Å². The first-order chi connectivity index (χ1) is 11.2. The third kappa shape index (κ3) is 3.48. The van der Waals surface area contributed by atoms with Crippen molar-refractivity contribution in [3.63, 3.8) is 0 Å². The number of nitrogens with two attached hydrogens (primary N) is 1. The molecular weight excluding hydrogens is 296 g/mol. The van der Waals surface area contributed by atoms with Crippen molar-refractivity contribution < 1.29 is 9.53 Å². The van der Waals surface area contributed by atoms with E-state index in [0.717, 1.165) is 25.7 Å². The second kappa shape index (κ2) is 6.74. The Morgan fingerprint density at radius 1 is 1.35 bits per heavy atom. The minimum atomic E-state index is -0.223. The Morgan fingerprint density at radius 2 is 2.13 bits per heavy atom. The highest BCUT2D eigenvalue weighted by Crippen LogP contribution is 2.21. The summed E-state index contributed by atoms with van der Waals surface area (Å²) in [5, 5.41) is 10.9. The predicted octanol–water partition coefficient (Wildman–Crippen LogP) is 0.932. The SMILES string of the molecule is COC1CCC(NC(=O)c2cc(-n3ccnc3)nnc2N)CC1. The zero-order chi connectivity index (χ0) is 16.2. The van der Waals surface area contributed by atoms with Crippen LogP contribution in [-0.2, 0) is 4.74 Å². The molecule has 3 N–H and O–H groups in total. The molecule has 23 heavy (non-hydrogen) atoms. The van der Waals surface area contributed by atoms with Crippen molar-refractivity contribution in [2.75, 3.05) is 12.8 Å². The molecule has 2 aromatic rings. The summed E-state index contributed by atoms with van der Waals surface area (Å²) in [6.07, 6.45) is 8.95. The van der Waals surface area contributed by atoms with Crippen molar-refractivity contribution in [1.29, 1.82) is 0 Å². The number of amides is 1. The number of anilines is 1. The van der Waals surface area contributed by atoms with Gasteiger partial charge in [-0.25, -0.2) is 4.98 Å². The van der Waals surface area contributed by atoms with Crippen molar-refractivity contribution in [2.24, 2.45) is 0 Å². The van der Waals surface area contributed by atoms with Crippen LogP contribution in [0.1, 0.15) is 36.0 Å². The third-order valence-corrected chi connectivity index (χ3v) is 4.17. The van der Waals surface area contributed by atoms with Crippen molar-refractivity contribution >= 4 is 11.7 Å². The molecule has 2 aromatic heterocycles. The maximum Gasteiger partial charge on any atom is 0.255 e. The van der Waals surface area contributed by atoms with Gasteiger partial charge in [0.1, 0.15) is 6.33 Å². The van der Waals surface area contributed by atoms with Gasteiger partial charge in [-0.3, -0.25) is 9.36 Å². The first-order valence-electron chi connectivity index (χ1n) is 7.62. The Hall–Kier alpha value is -2.48. The molecule has 1 aliphatic carbocycles. The zero-order valence-corrected chi connectivity index (χ0v) is 13.0. The maximum atomic E-state index is 12.5. The minimum Gasteiger partial charge on any atom is -0.382 e. The summed E-state index contributed by atoms with van der Waals surface area (Å²) >= 11 is 0. The summed E-state index contributed by atoms with van der Waals surface area (Å²) in [5.41, 5.74) is 6.14. The van der Waals surface area contributed by atoms with E-state index in [1.807, 2.05) is 0 Å². The highest BCUT2D eigenvalue weighted by atomic mass is 16.5. The molecule has 0 aromatic carbocycles. The van der Waals surface area contributed by atoms with Gasteiger partial charge in [-0.05, 0) is 31.7 Å². The molecule has 0 unspecified atom stereocenters. The lowest BCUT2D eigenvalue weighted by atomic mass is 9.93. The van der Waals surface area contributed by atoms with E-state index in [-0.39, 0.29) is 17.8 Å². The Kier molecular flexibility index (Phi) is 4.52. The van der Waals surface area contributed by atoms with Crippen LogP contribution in [0.4, 0.5) is 5.82 Å². The van der Waals surface area contributed by atoms with Gasteiger partial charge in [0.2, 0.25) is 0 Å². The van der Waals surface area contributed by atoms with Crippen molar-refractivity contribution in [1.82, 2.24) is 25.1 Å². The number of methoxy groups -OCH3 is 1. The van der Waals surface area contributed by atoms with Crippen LogP contribution in [0, 0.1) is 0 Å². The van der Waals surface area contributed by atoms with Crippen LogP contribution in [0.15, 0.2) is 24.8 Å². The summed E-state index contributed by atoms with van der Waals surface area (Å²) in [6, 6.07) is 1.76. The first-order valence-corrected chi connectivity index (χ1v) is 7.62. The van der Waals surface area contributed by atoms with Crippen LogP contribution in [0.2, 0.25) is 0 Å². The van der Waals surface area contributed by atoms with Gasteiger partial charge in [0.25, 0.3) is 5.91 Å². The predicted molar refractivity (Wildman–Crippen MR) is 84.1 cm³/mol. The summed E-state index contributed by atoms with van der Waals surface area (Å²) in [6.45, 7) is 0. The van der Waals surface area contributed by atoms with E-state index >= 15 is 0 Å². The van der Waals surface area contributed by atoms with E-state index < -0.39 is 0 Å². The standard InChI is InChI=1S/C15H20N6O2/c1-23-11-4-2-10(3-5-11)18-15(22)12-8-13(19-20-14(12)16)21-7-6-17-9-21/h6-11H,2-5H2,1H3,(H2,16,20)(H,18,22). The van der Waals surface area contributed by atoms with Crippen LogP contribution >= 0.6 is 0 Å². The molecule has 2 heterocycles. The van der Waals surface area contributed by atoms with E-state index in [1.54, 1.807) is 36.5 Å². The quantitative estimate of drug-likeness (QED) is 0.869. The Labute approximate surface area is 134 Å². The normalized spacial score (nSPS) is 21.1. The number of ether oxygens (including phenoxy) is 1. The summed E-state index contributed by atoms with van der Waals surface area (Å²) in [4.78, 5) is 16.4. The maximum absolute atomic E-state index is 12.5. The smallest absolute Gasteiger partial charge is 0.255 e. The third-order valence-electron chi connectivity index (χ3n) is 4.17. The van der Waals surface area contributed by atoms with E-state index in [2.05, 4.69) is 20.5 Å². The van der Waals surface area contributed by atoms with Gasteiger partial charge < -0.3 is 15.8 Å². The van der Waals surface area contributed by atoms with Crippen LogP contribution in [0.25, 0.3) is 5.82 Å². The highest BCUT2D eigenvalue weighted by molar-refractivity contribution is 5.98. The molecule has 1 fully saturated rings. The number of hydrogen-bond donors (Lipinski definition) is 2. The fourth-order valence-electron chi connectivity index (χ4n) is 2.80. The molecule has 3 rings (SSSR count). The largest absolute Gasteiger partial charge is 0.382 e. The van der Waals surface area contributed by atoms with E-state index in [4.69, 9.17) is 10.5 Å². The van der Waals surface area contributed by atoms with Crippen LogP contribution in [0.5, 0.6) is 0 Å². The molecule has 1 aliphatic rings. The minimum absolute atomic E-state index is 0.122. The molecule has 0 atom stereocenters. The molecule has 0 bridgehead atoms. The molecule has 1 amide bonds. The number of imidazole rings is 1. The van der Waals surface area contributed by atoms with Crippen molar-refractivity contribution in [2.45, 2.75) is 37.8 Å². The number of carbonyl (C=O) groups excluding carboxylic acids is 1. The molecule has 1 saturated carbocycles. The molecule has 0 radical (unpaired) electrons. The summed E-state index contributed by atoms with van der Waals surface area (Å²) in [5.74, 6) is 0.404. The topological polar surface area (TPSA) is 108 Å². The second-order valence-corrected chi connectivity index (χ2v) is 5.65. The Morgan fingerprint density at radius 3 is 2.78 bits per heavy atom. The first kappa shape index (κ1) is 15.4. The number of carbonyl (C=O) groups is 1. The summed E-state index contributed by atoms with van der Waals surface area (Å²) in [7, 11) is 1.73. The number of hydrogen-bond acceptors (Lipinski definition) is 6. The molecule has 8 nitrogen and oxygen atoms in total. The lowest BCUT2D eigenvalue weighted by Gasteiger charge is -2.28. The molecule has 0 spiro atoms. The fourth-order valence-corrected chi connectivity index (χ4v) is 2.80. The lowest BCUT2D eigenvalue weighted by Crippen LogP contribution is -2.39. The number of nitrogens with zero attached hydrogens (tertiary/aromatic N) is 4. The second-order valence-electron chi connectivity index (χ2n) is 5.65. The lowest BCUT2D eigenvalue weighted by molar-refractivity contribution is 0.0599. The highest BCUT2D eigenvalue weighted by Gasteiger charge is 2.23. The molecule has 0 saturated heterocycles. The molecule has 0 aliphatic heterocycles. The van der Waals surface area contributed by atoms with Crippen LogP contribution in [0.3, 0.4) is 0 Å². The van der Waals surface area contributed by atoms with Gasteiger partial charge >= 0.3 is 0 Å². The fraction of sp³-hybridized carbons (Fsp3) is 0.467.